The summed E-state index contributed by atoms with van der Waals surface area (Å²) in [5.74, 6) is -1.31. The summed E-state index contributed by atoms with van der Waals surface area (Å²) in [4.78, 5) is 51.3. The number of hydrogen-bond donors (Lipinski definition) is 3. The van der Waals surface area contributed by atoms with Gasteiger partial charge in [0.1, 0.15) is 0 Å². The highest BCUT2D eigenvalue weighted by Gasteiger charge is 2.28. The molecule has 0 radical (unpaired) electrons. The average molecular weight is 451 g/mol. The number of para-hydroxylation sites is 1. The Bertz CT molecular complexity index is 1070. The molecule has 1 saturated heterocycles. The minimum atomic E-state index is -0.566. The summed E-state index contributed by atoms with van der Waals surface area (Å²) in [5, 5.41) is 5.62. The largest absolute Gasteiger partial charge is 0.369 e. The molecule has 1 aliphatic rings. The number of nitrogens with one attached hydrogen (secondary N) is 2. The number of hydrogen-bond acceptors (Lipinski definition) is 4. The number of nitrogens with zero attached hydrogens (tertiary/aromatic N) is 1. The van der Waals surface area contributed by atoms with Gasteiger partial charge in [0.25, 0.3) is 11.8 Å². The monoisotopic (exact) mass is 450 g/mol. The Labute approximate surface area is 193 Å². The molecular weight excluding hydrogens is 420 g/mol. The topological polar surface area (TPSA) is 122 Å². The van der Waals surface area contributed by atoms with E-state index in [1.165, 1.54) is 0 Å². The molecule has 174 valence electrons. The van der Waals surface area contributed by atoms with Crippen LogP contribution >= 0.6 is 0 Å². The first-order chi connectivity index (χ1) is 15.6. The molecule has 2 aromatic rings. The predicted octanol–water partition coefficient (Wildman–Crippen LogP) is 3.26. The van der Waals surface area contributed by atoms with E-state index in [0.29, 0.717) is 48.4 Å². The van der Waals surface area contributed by atoms with Gasteiger partial charge in [-0.05, 0) is 43.2 Å². The SMILES string of the molecule is CC(C)(C)C(=O)Nc1cccc(C(=O)Nc2ccccc2C(=O)N2CCC(C(N)=O)CC2)c1. The quantitative estimate of drug-likeness (QED) is 0.647. The van der Waals surface area contributed by atoms with Crippen LogP contribution in [0.3, 0.4) is 0 Å². The molecule has 1 aliphatic heterocycles. The molecule has 33 heavy (non-hydrogen) atoms. The highest BCUT2D eigenvalue weighted by Crippen LogP contribution is 2.24. The highest BCUT2D eigenvalue weighted by atomic mass is 16.2. The number of carbonyl (C=O) groups excluding carboxylic acids is 4. The normalized spacial score (nSPS) is 14.5. The second-order valence-electron chi connectivity index (χ2n) is 9.25. The number of rotatable bonds is 5. The zero-order valence-corrected chi connectivity index (χ0v) is 19.2. The number of carbonyl (C=O) groups is 4. The van der Waals surface area contributed by atoms with Crippen LogP contribution in [-0.4, -0.2) is 41.6 Å². The molecule has 0 unspecified atom stereocenters. The lowest BCUT2D eigenvalue weighted by atomic mass is 9.95. The van der Waals surface area contributed by atoms with Gasteiger partial charge in [0.05, 0.1) is 11.3 Å². The molecule has 4 amide bonds. The molecule has 3 rings (SSSR count). The smallest absolute Gasteiger partial charge is 0.255 e. The van der Waals surface area contributed by atoms with Crippen LogP contribution in [0.1, 0.15) is 54.3 Å². The first-order valence-electron chi connectivity index (χ1n) is 11.0. The fourth-order valence-electron chi connectivity index (χ4n) is 3.57. The van der Waals surface area contributed by atoms with E-state index in [2.05, 4.69) is 10.6 Å². The van der Waals surface area contributed by atoms with E-state index >= 15 is 0 Å². The molecule has 2 aromatic carbocycles. The van der Waals surface area contributed by atoms with Crippen LogP contribution in [0.25, 0.3) is 0 Å². The number of amides is 4. The molecule has 8 heteroatoms. The van der Waals surface area contributed by atoms with Gasteiger partial charge in [-0.15, -0.1) is 0 Å². The van der Waals surface area contributed by atoms with Gasteiger partial charge in [0, 0.05) is 35.7 Å². The number of piperidine rings is 1. The van der Waals surface area contributed by atoms with Crippen LogP contribution in [0.2, 0.25) is 0 Å². The highest BCUT2D eigenvalue weighted by molar-refractivity contribution is 6.09. The lowest BCUT2D eigenvalue weighted by Gasteiger charge is -2.31. The van der Waals surface area contributed by atoms with Crippen molar-refractivity contribution in [3.8, 4) is 0 Å². The zero-order valence-electron chi connectivity index (χ0n) is 19.2. The van der Waals surface area contributed by atoms with E-state index in [4.69, 9.17) is 5.73 Å². The van der Waals surface area contributed by atoms with Gasteiger partial charge in [-0.25, -0.2) is 0 Å². The Morgan fingerprint density at radius 1 is 0.939 bits per heavy atom. The summed E-state index contributed by atoms with van der Waals surface area (Å²) in [7, 11) is 0. The summed E-state index contributed by atoms with van der Waals surface area (Å²) < 4.78 is 0. The Hall–Kier alpha value is -3.68. The van der Waals surface area contributed by atoms with Crippen molar-refractivity contribution in [3.05, 3.63) is 59.7 Å². The van der Waals surface area contributed by atoms with Crippen molar-refractivity contribution in [2.75, 3.05) is 23.7 Å². The average Bonchev–Trinajstić information content (AvgIpc) is 2.78. The Kier molecular flexibility index (Phi) is 7.16. The fraction of sp³-hybridized carbons (Fsp3) is 0.360. The standard InChI is InChI=1S/C25H30N4O4/c1-25(2,3)24(33)27-18-8-6-7-17(15-18)22(31)28-20-10-5-4-9-19(20)23(32)29-13-11-16(12-14-29)21(26)30/h4-10,15-16H,11-14H2,1-3H3,(H2,26,30)(H,27,33)(H,28,31). The number of primary amides is 1. The molecule has 0 aromatic heterocycles. The fourth-order valence-corrected chi connectivity index (χ4v) is 3.57. The summed E-state index contributed by atoms with van der Waals surface area (Å²) >= 11 is 0. The van der Waals surface area contributed by atoms with Gasteiger partial charge in [-0.2, -0.15) is 0 Å². The van der Waals surface area contributed by atoms with E-state index in [9.17, 15) is 19.2 Å². The summed E-state index contributed by atoms with van der Waals surface area (Å²) in [6.07, 6.45) is 1.06. The second kappa shape index (κ2) is 9.85. The Morgan fingerprint density at radius 3 is 2.24 bits per heavy atom. The van der Waals surface area contributed by atoms with E-state index < -0.39 is 11.3 Å². The van der Waals surface area contributed by atoms with Crippen molar-refractivity contribution in [1.82, 2.24) is 4.90 Å². The van der Waals surface area contributed by atoms with Crippen LogP contribution in [0.5, 0.6) is 0 Å². The van der Waals surface area contributed by atoms with Crippen molar-refractivity contribution in [1.29, 1.82) is 0 Å². The van der Waals surface area contributed by atoms with Crippen molar-refractivity contribution in [2.24, 2.45) is 17.1 Å². The van der Waals surface area contributed by atoms with Crippen LogP contribution < -0.4 is 16.4 Å². The lowest BCUT2D eigenvalue weighted by Crippen LogP contribution is -2.42. The summed E-state index contributed by atoms with van der Waals surface area (Å²) in [5.41, 5.74) is 6.46. The van der Waals surface area contributed by atoms with E-state index in [1.54, 1.807) is 53.4 Å². The minimum Gasteiger partial charge on any atom is -0.369 e. The maximum atomic E-state index is 13.1. The number of anilines is 2. The lowest BCUT2D eigenvalue weighted by molar-refractivity contribution is -0.123. The minimum absolute atomic E-state index is 0.156. The molecule has 0 bridgehead atoms. The molecule has 1 heterocycles. The second-order valence-corrected chi connectivity index (χ2v) is 9.25. The van der Waals surface area contributed by atoms with Crippen molar-refractivity contribution >= 4 is 35.0 Å². The van der Waals surface area contributed by atoms with Crippen LogP contribution in [0, 0.1) is 11.3 Å². The third kappa shape index (κ3) is 5.97. The van der Waals surface area contributed by atoms with Gasteiger partial charge >= 0.3 is 0 Å². The third-order valence-electron chi connectivity index (χ3n) is 5.65. The molecule has 0 atom stereocenters. The molecule has 8 nitrogen and oxygen atoms in total. The molecule has 4 N–H and O–H groups in total. The van der Waals surface area contributed by atoms with Crippen LogP contribution in [0.15, 0.2) is 48.5 Å². The maximum Gasteiger partial charge on any atom is 0.255 e. The van der Waals surface area contributed by atoms with Crippen LogP contribution in [-0.2, 0) is 9.59 Å². The number of nitrogens with two attached hydrogens (primary N) is 1. The van der Waals surface area contributed by atoms with Crippen LogP contribution in [0.4, 0.5) is 11.4 Å². The van der Waals surface area contributed by atoms with E-state index in [0.717, 1.165) is 0 Å². The first kappa shape index (κ1) is 24.0. The van der Waals surface area contributed by atoms with Crippen molar-refractivity contribution in [2.45, 2.75) is 33.6 Å². The summed E-state index contributed by atoms with van der Waals surface area (Å²) in [6, 6.07) is 13.5. The molecule has 1 fully saturated rings. The van der Waals surface area contributed by atoms with Crippen molar-refractivity contribution < 1.29 is 19.2 Å². The zero-order chi connectivity index (χ0) is 24.2. The van der Waals surface area contributed by atoms with Crippen molar-refractivity contribution in [3.63, 3.8) is 0 Å². The van der Waals surface area contributed by atoms with Gasteiger partial charge < -0.3 is 21.3 Å². The maximum absolute atomic E-state index is 13.1. The molecule has 0 spiro atoms. The predicted molar refractivity (Wildman–Crippen MR) is 127 cm³/mol. The molecule has 0 aliphatic carbocycles. The Balaban J connectivity index is 1.73. The van der Waals surface area contributed by atoms with E-state index in [1.807, 2.05) is 20.8 Å². The third-order valence-corrected chi connectivity index (χ3v) is 5.65. The first-order valence-corrected chi connectivity index (χ1v) is 11.0. The van der Waals surface area contributed by atoms with Gasteiger partial charge in [0.2, 0.25) is 11.8 Å². The number of benzene rings is 2. The van der Waals surface area contributed by atoms with Gasteiger partial charge in [0.15, 0.2) is 0 Å². The van der Waals surface area contributed by atoms with Gasteiger partial charge in [-0.3, -0.25) is 19.2 Å². The Morgan fingerprint density at radius 2 is 1.61 bits per heavy atom. The van der Waals surface area contributed by atoms with E-state index in [-0.39, 0.29) is 23.6 Å². The molecular formula is C25H30N4O4. The summed E-state index contributed by atoms with van der Waals surface area (Å²) in [6.45, 7) is 6.30. The van der Waals surface area contributed by atoms with Gasteiger partial charge in [-0.1, -0.05) is 39.0 Å². The molecule has 0 saturated carbocycles. The number of likely N-dealkylation sites (tertiary alicyclic amines) is 1.